The number of benzene rings is 1. The highest BCUT2D eigenvalue weighted by Crippen LogP contribution is 2.24. The quantitative estimate of drug-likeness (QED) is 0.774. The summed E-state index contributed by atoms with van der Waals surface area (Å²) in [6.07, 6.45) is 1.30. The van der Waals surface area contributed by atoms with Crippen LogP contribution in [0.2, 0.25) is 0 Å². The highest BCUT2D eigenvalue weighted by Gasteiger charge is 2.09. The second-order valence-electron chi connectivity index (χ2n) is 4.24. The fourth-order valence-corrected chi connectivity index (χ4v) is 1.92. The van der Waals surface area contributed by atoms with Crippen LogP contribution in [0.1, 0.15) is 0 Å². The lowest BCUT2D eigenvalue weighted by Crippen LogP contribution is -2.01. The first-order valence-corrected chi connectivity index (χ1v) is 5.94. The van der Waals surface area contributed by atoms with Crippen molar-refractivity contribution in [1.82, 2.24) is 4.98 Å². The molecule has 2 aromatic heterocycles. The molecule has 1 N–H and O–H groups in total. The molecule has 5 heteroatoms. The second-order valence-corrected chi connectivity index (χ2v) is 4.24. The fourth-order valence-electron chi connectivity index (χ4n) is 1.92. The van der Waals surface area contributed by atoms with E-state index in [0.717, 1.165) is 0 Å². The van der Waals surface area contributed by atoms with Crippen LogP contribution in [0, 0.1) is 0 Å². The molecule has 20 heavy (non-hydrogen) atoms. The first-order valence-electron chi connectivity index (χ1n) is 5.94. The number of aromatic hydroxyl groups is 1. The maximum absolute atomic E-state index is 12.1. The van der Waals surface area contributed by atoms with Crippen molar-refractivity contribution in [3.05, 3.63) is 52.8 Å². The van der Waals surface area contributed by atoms with Crippen molar-refractivity contribution in [2.24, 2.45) is 0 Å². The topological polar surface area (TPSA) is 72.6 Å². The van der Waals surface area contributed by atoms with E-state index in [4.69, 9.17) is 9.15 Å². The number of fused-ring (bicyclic) bond motifs is 1. The van der Waals surface area contributed by atoms with Gasteiger partial charge in [0.05, 0.1) is 18.7 Å². The van der Waals surface area contributed by atoms with Crippen molar-refractivity contribution in [3.63, 3.8) is 0 Å². The number of methoxy groups -OCH3 is 1. The summed E-state index contributed by atoms with van der Waals surface area (Å²) in [5, 5.41) is 9.71. The summed E-state index contributed by atoms with van der Waals surface area (Å²) in [7, 11) is 1.55. The van der Waals surface area contributed by atoms with E-state index in [1.807, 2.05) is 0 Å². The van der Waals surface area contributed by atoms with Crippen molar-refractivity contribution < 1.29 is 14.3 Å². The van der Waals surface area contributed by atoms with Gasteiger partial charge in [-0.05, 0) is 24.3 Å². The van der Waals surface area contributed by atoms with Gasteiger partial charge < -0.3 is 14.3 Å². The van der Waals surface area contributed by atoms with E-state index in [0.29, 0.717) is 28.2 Å². The Hall–Kier alpha value is -2.82. The number of hydrogen-bond acceptors (Lipinski definition) is 5. The smallest absolute Gasteiger partial charge is 0.193 e. The maximum atomic E-state index is 12.1. The van der Waals surface area contributed by atoms with Gasteiger partial charge in [0.25, 0.3) is 0 Å². The molecule has 0 radical (unpaired) electrons. The van der Waals surface area contributed by atoms with Crippen LogP contribution < -0.4 is 10.2 Å². The molecule has 3 aromatic rings. The Bertz CT molecular complexity index is 821. The molecule has 1 aromatic carbocycles. The third-order valence-electron chi connectivity index (χ3n) is 2.94. The lowest BCUT2D eigenvalue weighted by molar-refractivity contribution is 0.414. The number of ether oxygens (including phenoxy) is 1. The highest BCUT2D eigenvalue weighted by molar-refractivity contribution is 5.79. The molecule has 0 bridgehead atoms. The van der Waals surface area contributed by atoms with Crippen LogP contribution >= 0.6 is 0 Å². The number of pyridine rings is 1. The van der Waals surface area contributed by atoms with Gasteiger partial charge in [0, 0.05) is 12.1 Å². The molecule has 2 heterocycles. The van der Waals surface area contributed by atoms with Crippen LogP contribution in [0.15, 0.2) is 51.8 Å². The second kappa shape index (κ2) is 4.70. The normalized spacial score (nSPS) is 10.7. The van der Waals surface area contributed by atoms with Crippen LogP contribution in [0.5, 0.6) is 11.5 Å². The minimum absolute atomic E-state index is 0.0542. The standard InChI is InChI=1S/C15H11NO4/c1-19-10-3-4-11-13(18)7-15(20-14(11)6-10)12-5-2-9(17)8-16-12/h2-8,17H,1H3. The Labute approximate surface area is 114 Å². The van der Waals surface area contributed by atoms with Crippen molar-refractivity contribution in [2.75, 3.05) is 7.11 Å². The first-order chi connectivity index (χ1) is 9.67. The predicted octanol–water partition coefficient (Wildman–Crippen LogP) is 2.57. The Morgan fingerprint density at radius 2 is 2.05 bits per heavy atom. The molecule has 0 saturated heterocycles. The van der Waals surface area contributed by atoms with Crippen molar-refractivity contribution in [1.29, 1.82) is 0 Å². The Morgan fingerprint density at radius 3 is 2.75 bits per heavy atom. The summed E-state index contributed by atoms with van der Waals surface area (Å²) >= 11 is 0. The van der Waals surface area contributed by atoms with E-state index in [1.54, 1.807) is 31.4 Å². The largest absolute Gasteiger partial charge is 0.506 e. The summed E-state index contributed by atoms with van der Waals surface area (Å²) in [6, 6.07) is 9.47. The number of hydrogen-bond donors (Lipinski definition) is 1. The molecular formula is C15H11NO4. The maximum Gasteiger partial charge on any atom is 0.193 e. The van der Waals surface area contributed by atoms with Crippen LogP contribution in [0.4, 0.5) is 0 Å². The highest BCUT2D eigenvalue weighted by atomic mass is 16.5. The summed E-state index contributed by atoms with van der Waals surface area (Å²) in [4.78, 5) is 16.1. The molecule has 0 saturated carbocycles. The SMILES string of the molecule is COc1ccc2c(=O)cc(-c3ccc(O)cn3)oc2c1. The molecule has 0 spiro atoms. The zero-order valence-corrected chi connectivity index (χ0v) is 10.7. The van der Waals surface area contributed by atoms with Crippen LogP contribution in [-0.2, 0) is 0 Å². The summed E-state index contributed by atoms with van der Waals surface area (Å²) in [5.74, 6) is 1.01. The molecule has 3 rings (SSSR count). The molecule has 0 aliphatic heterocycles. The Kier molecular flexibility index (Phi) is 2.87. The van der Waals surface area contributed by atoms with Crippen LogP contribution in [0.3, 0.4) is 0 Å². The minimum Gasteiger partial charge on any atom is -0.506 e. The molecule has 0 atom stereocenters. The van der Waals surface area contributed by atoms with Crippen molar-refractivity contribution >= 4 is 11.0 Å². The van der Waals surface area contributed by atoms with Gasteiger partial charge in [-0.25, -0.2) is 4.98 Å². The van der Waals surface area contributed by atoms with Gasteiger partial charge in [-0.15, -0.1) is 0 Å². The molecule has 0 aliphatic rings. The third kappa shape index (κ3) is 2.09. The van der Waals surface area contributed by atoms with Gasteiger partial charge in [-0.3, -0.25) is 4.79 Å². The molecule has 5 nitrogen and oxygen atoms in total. The van der Waals surface area contributed by atoms with E-state index < -0.39 is 0 Å². The summed E-state index contributed by atoms with van der Waals surface area (Å²) < 4.78 is 10.8. The summed E-state index contributed by atoms with van der Waals surface area (Å²) in [6.45, 7) is 0. The molecule has 0 amide bonds. The number of nitrogens with zero attached hydrogens (tertiary/aromatic N) is 1. The molecule has 100 valence electrons. The molecule has 0 aliphatic carbocycles. The number of aromatic nitrogens is 1. The van der Waals surface area contributed by atoms with Gasteiger partial charge in [0.15, 0.2) is 11.2 Å². The zero-order chi connectivity index (χ0) is 14.1. The lowest BCUT2D eigenvalue weighted by atomic mass is 10.2. The fraction of sp³-hybridized carbons (Fsp3) is 0.0667. The van der Waals surface area contributed by atoms with Crippen molar-refractivity contribution in [3.8, 4) is 23.0 Å². The average Bonchev–Trinajstić information content (AvgIpc) is 2.47. The third-order valence-corrected chi connectivity index (χ3v) is 2.94. The van der Waals surface area contributed by atoms with E-state index in [-0.39, 0.29) is 11.2 Å². The van der Waals surface area contributed by atoms with Gasteiger partial charge in [0.2, 0.25) is 0 Å². The van der Waals surface area contributed by atoms with Crippen molar-refractivity contribution in [2.45, 2.75) is 0 Å². The average molecular weight is 269 g/mol. The van der Waals surface area contributed by atoms with Gasteiger partial charge in [-0.1, -0.05) is 0 Å². The van der Waals surface area contributed by atoms with Gasteiger partial charge >= 0.3 is 0 Å². The van der Waals surface area contributed by atoms with E-state index in [1.165, 1.54) is 18.3 Å². The Morgan fingerprint density at radius 1 is 1.20 bits per heavy atom. The van der Waals surface area contributed by atoms with E-state index in [2.05, 4.69) is 4.98 Å². The monoisotopic (exact) mass is 269 g/mol. The number of rotatable bonds is 2. The van der Waals surface area contributed by atoms with Crippen LogP contribution in [0.25, 0.3) is 22.4 Å². The Balaban J connectivity index is 2.22. The molecule has 0 unspecified atom stereocenters. The summed E-state index contributed by atoms with van der Waals surface area (Å²) in [5.41, 5.74) is 0.755. The van der Waals surface area contributed by atoms with Gasteiger partial charge in [0.1, 0.15) is 22.8 Å². The zero-order valence-electron chi connectivity index (χ0n) is 10.7. The van der Waals surface area contributed by atoms with E-state index >= 15 is 0 Å². The minimum atomic E-state index is -0.154. The van der Waals surface area contributed by atoms with E-state index in [9.17, 15) is 9.90 Å². The van der Waals surface area contributed by atoms with Gasteiger partial charge in [-0.2, -0.15) is 0 Å². The first kappa shape index (κ1) is 12.2. The molecular weight excluding hydrogens is 258 g/mol. The van der Waals surface area contributed by atoms with Crippen LogP contribution in [-0.4, -0.2) is 17.2 Å². The predicted molar refractivity (Wildman–Crippen MR) is 73.9 cm³/mol. The lowest BCUT2D eigenvalue weighted by Gasteiger charge is -2.04. The molecule has 0 fully saturated rings.